The second-order valence-corrected chi connectivity index (χ2v) is 5.78. The molecule has 1 aromatic heterocycles. The van der Waals surface area contributed by atoms with Gasteiger partial charge in [-0.3, -0.25) is 13.9 Å². The van der Waals surface area contributed by atoms with Crippen molar-refractivity contribution in [1.82, 2.24) is 14.5 Å². The minimum Gasteiger partial charge on any atom is -0.350 e. The number of halogens is 1. The highest BCUT2D eigenvalue weighted by Gasteiger charge is 2.13. The molecule has 0 fully saturated rings. The van der Waals surface area contributed by atoms with Crippen LogP contribution in [0.3, 0.4) is 0 Å². The number of carbonyl (C=O) groups is 1. The minimum atomic E-state index is -0.299. The van der Waals surface area contributed by atoms with E-state index in [4.69, 9.17) is 0 Å². The molecule has 5 nitrogen and oxygen atoms in total. The van der Waals surface area contributed by atoms with E-state index in [2.05, 4.69) is 5.32 Å². The third-order valence-electron chi connectivity index (χ3n) is 4.08. The van der Waals surface area contributed by atoms with Crippen LogP contribution >= 0.6 is 0 Å². The van der Waals surface area contributed by atoms with Crippen molar-refractivity contribution in [3.05, 3.63) is 69.9 Å². The van der Waals surface area contributed by atoms with Crippen molar-refractivity contribution in [3.8, 4) is 0 Å². The first-order chi connectivity index (χ1) is 11.5. The number of benzene rings is 2. The Morgan fingerprint density at radius 3 is 2.58 bits per heavy atom. The summed E-state index contributed by atoms with van der Waals surface area (Å²) in [6.07, 6.45) is 0. The van der Waals surface area contributed by atoms with E-state index in [1.165, 1.54) is 15.2 Å². The Bertz CT molecular complexity index is 972. The molecule has 0 aliphatic heterocycles. The third-order valence-corrected chi connectivity index (χ3v) is 4.08. The Labute approximate surface area is 138 Å². The van der Waals surface area contributed by atoms with Crippen LogP contribution in [0.5, 0.6) is 0 Å². The number of para-hydroxylation sites is 2. The third kappa shape index (κ3) is 2.95. The molecule has 1 heterocycles. The van der Waals surface area contributed by atoms with Crippen LogP contribution in [0, 0.1) is 12.7 Å². The molecule has 1 N–H and O–H groups in total. The largest absolute Gasteiger partial charge is 0.350 e. The minimum absolute atomic E-state index is 0.0749. The summed E-state index contributed by atoms with van der Waals surface area (Å²) in [6, 6.07) is 12.2. The van der Waals surface area contributed by atoms with Crippen molar-refractivity contribution in [2.75, 3.05) is 0 Å². The summed E-state index contributed by atoms with van der Waals surface area (Å²) in [6.45, 7) is 1.83. The second kappa shape index (κ2) is 6.31. The predicted octanol–water partition coefficient (Wildman–Crippen LogP) is 2.10. The Hall–Kier alpha value is -2.89. The van der Waals surface area contributed by atoms with Crippen molar-refractivity contribution < 1.29 is 9.18 Å². The van der Waals surface area contributed by atoms with Crippen LogP contribution in [0.25, 0.3) is 11.0 Å². The number of rotatable bonds is 4. The summed E-state index contributed by atoms with van der Waals surface area (Å²) in [4.78, 5) is 24.4. The normalized spacial score (nSPS) is 11.0. The topological polar surface area (TPSA) is 56.0 Å². The summed E-state index contributed by atoms with van der Waals surface area (Å²) in [5, 5.41) is 2.72. The molecule has 24 heavy (non-hydrogen) atoms. The number of nitrogens with zero attached hydrogens (tertiary/aromatic N) is 2. The molecule has 0 unspecified atom stereocenters. The van der Waals surface area contributed by atoms with Gasteiger partial charge in [0.15, 0.2) is 0 Å². The maximum absolute atomic E-state index is 13.5. The molecule has 1 amide bonds. The fraction of sp³-hybridized carbons (Fsp3) is 0.222. The van der Waals surface area contributed by atoms with Gasteiger partial charge in [0, 0.05) is 13.6 Å². The number of hydrogen-bond donors (Lipinski definition) is 1. The molecule has 124 valence electrons. The summed E-state index contributed by atoms with van der Waals surface area (Å²) < 4.78 is 16.5. The van der Waals surface area contributed by atoms with E-state index in [9.17, 15) is 14.0 Å². The molecule has 0 bridgehead atoms. The van der Waals surface area contributed by atoms with Crippen LogP contribution in [0.2, 0.25) is 0 Å². The molecule has 3 aromatic rings. The zero-order valence-electron chi connectivity index (χ0n) is 13.5. The summed E-state index contributed by atoms with van der Waals surface area (Å²) in [5.74, 6) is -0.596. The molecule has 3 rings (SSSR count). The first-order valence-electron chi connectivity index (χ1n) is 7.63. The first kappa shape index (κ1) is 16.0. The highest BCUT2D eigenvalue weighted by atomic mass is 19.1. The van der Waals surface area contributed by atoms with Gasteiger partial charge in [0.2, 0.25) is 5.91 Å². The van der Waals surface area contributed by atoms with Crippen LogP contribution in [-0.4, -0.2) is 15.0 Å². The number of fused-ring (bicyclic) bond motifs is 1. The number of hydrogen-bond acceptors (Lipinski definition) is 2. The van der Waals surface area contributed by atoms with Gasteiger partial charge in [0.05, 0.1) is 11.0 Å². The molecule has 0 saturated carbocycles. The summed E-state index contributed by atoms with van der Waals surface area (Å²) in [5.41, 5.74) is 2.48. The Morgan fingerprint density at radius 2 is 1.88 bits per heavy atom. The van der Waals surface area contributed by atoms with Gasteiger partial charge in [0.25, 0.3) is 0 Å². The maximum atomic E-state index is 13.5. The fourth-order valence-electron chi connectivity index (χ4n) is 2.66. The lowest BCUT2D eigenvalue weighted by Crippen LogP contribution is -2.32. The Kier molecular flexibility index (Phi) is 4.20. The van der Waals surface area contributed by atoms with Gasteiger partial charge < -0.3 is 5.32 Å². The van der Waals surface area contributed by atoms with Crippen molar-refractivity contribution in [1.29, 1.82) is 0 Å². The van der Waals surface area contributed by atoms with Crippen LogP contribution in [0.4, 0.5) is 4.39 Å². The fourth-order valence-corrected chi connectivity index (χ4v) is 2.66. The van der Waals surface area contributed by atoms with Crippen LogP contribution < -0.4 is 11.0 Å². The number of aromatic nitrogens is 2. The van der Waals surface area contributed by atoms with Gasteiger partial charge in [-0.05, 0) is 36.2 Å². The van der Waals surface area contributed by atoms with Crippen molar-refractivity contribution in [2.24, 2.45) is 7.05 Å². The first-order valence-corrected chi connectivity index (χ1v) is 7.63. The molecular formula is C18H18FN3O2. The lowest BCUT2D eigenvalue weighted by molar-refractivity contribution is -0.121. The molecular weight excluding hydrogens is 309 g/mol. The van der Waals surface area contributed by atoms with Gasteiger partial charge in [0.1, 0.15) is 12.4 Å². The SMILES string of the molecule is Cc1ccc(CNC(=O)Cn2c(=O)n(C)c3ccccc32)cc1F. The number of nitrogens with one attached hydrogen (secondary N) is 1. The molecule has 0 aliphatic carbocycles. The molecule has 0 spiro atoms. The summed E-state index contributed by atoms with van der Waals surface area (Å²) in [7, 11) is 1.67. The molecule has 0 atom stereocenters. The van der Waals surface area contributed by atoms with Crippen LogP contribution in [0.15, 0.2) is 47.3 Å². The lowest BCUT2D eigenvalue weighted by atomic mass is 10.1. The molecule has 2 aromatic carbocycles. The van der Waals surface area contributed by atoms with Crippen molar-refractivity contribution in [2.45, 2.75) is 20.0 Å². The van der Waals surface area contributed by atoms with Crippen molar-refractivity contribution in [3.63, 3.8) is 0 Å². The maximum Gasteiger partial charge on any atom is 0.329 e. The lowest BCUT2D eigenvalue weighted by Gasteiger charge is -2.07. The standard InChI is InChI=1S/C18H18FN3O2/c1-12-7-8-13(9-14(12)19)10-20-17(23)11-22-16-6-4-3-5-15(16)21(2)18(22)24/h3-9H,10-11H2,1-2H3,(H,20,23). The van der Waals surface area contributed by atoms with E-state index < -0.39 is 0 Å². The van der Waals surface area contributed by atoms with Gasteiger partial charge in [-0.25, -0.2) is 9.18 Å². The average Bonchev–Trinajstić information content (AvgIpc) is 2.81. The summed E-state index contributed by atoms with van der Waals surface area (Å²) >= 11 is 0. The highest BCUT2D eigenvalue weighted by molar-refractivity contribution is 5.80. The van der Waals surface area contributed by atoms with E-state index in [0.717, 1.165) is 5.52 Å². The van der Waals surface area contributed by atoms with Gasteiger partial charge in [-0.1, -0.05) is 24.3 Å². The van der Waals surface area contributed by atoms with Crippen LogP contribution in [-0.2, 0) is 24.9 Å². The van der Waals surface area contributed by atoms with E-state index in [0.29, 0.717) is 16.6 Å². The number of amides is 1. The van der Waals surface area contributed by atoms with E-state index in [-0.39, 0.29) is 30.5 Å². The number of carbonyl (C=O) groups excluding carboxylic acids is 1. The Balaban J connectivity index is 1.75. The van der Waals surface area contributed by atoms with Crippen LogP contribution in [0.1, 0.15) is 11.1 Å². The number of imidazole rings is 1. The quantitative estimate of drug-likeness (QED) is 0.798. The monoisotopic (exact) mass is 327 g/mol. The molecule has 6 heteroatoms. The highest BCUT2D eigenvalue weighted by Crippen LogP contribution is 2.11. The van der Waals surface area contributed by atoms with Gasteiger partial charge in [-0.15, -0.1) is 0 Å². The van der Waals surface area contributed by atoms with Gasteiger partial charge in [-0.2, -0.15) is 0 Å². The second-order valence-electron chi connectivity index (χ2n) is 5.78. The van der Waals surface area contributed by atoms with E-state index >= 15 is 0 Å². The van der Waals surface area contributed by atoms with Gasteiger partial charge >= 0.3 is 5.69 Å². The van der Waals surface area contributed by atoms with E-state index in [1.807, 2.05) is 18.2 Å². The number of aryl methyl sites for hydroxylation is 2. The zero-order valence-corrected chi connectivity index (χ0v) is 13.5. The Morgan fingerprint density at radius 1 is 1.17 bits per heavy atom. The smallest absolute Gasteiger partial charge is 0.329 e. The van der Waals surface area contributed by atoms with Crippen molar-refractivity contribution >= 4 is 16.9 Å². The molecule has 0 aliphatic rings. The predicted molar refractivity (Wildman–Crippen MR) is 90.2 cm³/mol. The molecule has 0 radical (unpaired) electrons. The zero-order chi connectivity index (χ0) is 17.3. The average molecular weight is 327 g/mol. The van der Waals surface area contributed by atoms with E-state index in [1.54, 1.807) is 32.2 Å². The molecule has 0 saturated heterocycles.